The van der Waals surface area contributed by atoms with Gasteiger partial charge in [0, 0.05) is 25.3 Å². The van der Waals surface area contributed by atoms with Gasteiger partial charge in [0.05, 0.1) is 27.1 Å². The molecule has 2 N–H and O–H groups in total. The van der Waals surface area contributed by atoms with Crippen molar-refractivity contribution in [3.8, 4) is 0 Å². The van der Waals surface area contributed by atoms with Crippen LogP contribution in [0.3, 0.4) is 0 Å². The lowest BCUT2D eigenvalue weighted by atomic mass is 9.85. The first kappa shape index (κ1) is 28.3. The molecule has 1 atom stereocenters. The molecule has 0 bridgehead atoms. The lowest BCUT2D eigenvalue weighted by Crippen LogP contribution is -2.51. The van der Waals surface area contributed by atoms with Crippen molar-refractivity contribution in [1.29, 1.82) is 0 Å². The normalized spacial score (nSPS) is 17.3. The predicted octanol–water partition coefficient (Wildman–Crippen LogP) is 4.25. The van der Waals surface area contributed by atoms with Gasteiger partial charge in [-0.2, -0.15) is 13.2 Å². The van der Waals surface area contributed by atoms with Gasteiger partial charge >= 0.3 is 6.18 Å². The molecule has 2 fully saturated rings. The summed E-state index contributed by atoms with van der Waals surface area (Å²) in [6, 6.07) is 5.68. The number of amides is 3. The van der Waals surface area contributed by atoms with E-state index in [1.165, 1.54) is 12.1 Å². The third-order valence-corrected chi connectivity index (χ3v) is 7.93. The Balaban J connectivity index is 1.52. The Morgan fingerprint density at radius 1 is 1.26 bits per heavy atom. The van der Waals surface area contributed by atoms with Gasteiger partial charge in [-0.3, -0.25) is 19.3 Å². The van der Waals surface area contributed by atoms with Gasteiger partial charge in [-0.1, -0.05) is 18.0 Å². The van der Waals surface area contributed by atoms with Gasteiger partial charge in [0.15, 0.2) is 0 Å². The van der Waals surface area contributed by atoms with E-state index < -0.39 is 35.5 Å². The van der Waals surface area contributed by atoms with Gasteiger partial charge in [0.2, 0.25) is 5.91 Å². The van der Waals surface area contributed by atoms with Gasteiger partial charge in [-0.05, 0) is 56.1 Å². The van der Waals surface area contributed by atoms with Crippen molar-refractivity contribution >= 4 is 52.0 Å². The van der Waals surface area contributed by atoms with Crippen LogP contribution >= 0.6 is 22.9 Å². The molecule has 4 rings (SSSR count). The average Bonchev–Trinajstić information content (AvgIpc) is 3.28. The fourth-order valence-electron chi connectivity index (χ4n) is 4.45. The molecule has 1 saturated heterocycles. The van der Waals surface area contributed by atoms with Crippen LogP contribution in [-0.2, 0) is 20.5 Å². The van der Waals surface area contributed by atoms with E-state index in [1.807, 2.05) is 4.90 Å². The summed E-state index contributed by atoms with van der Waals surface area (Å²) in [6.45, 7) is 0.394. The molecule has 206 valence electrons. The molecule has 8 nitrogen and oxygen atoms in total. The number of morpholine rings is 1. The van der Waals surface area contributed by atoms with Crippen LogP contribution in [0.1, 0.15) is 34.5 Å². The van der Waals surface area contributed by atoms with Gasteiger partial charge in [-0.15, -0.1) is 11.3 Å². The monoisotopic (exact) mass is 572 g/mol. The predicted molar refractivity (Wildman–Crippen MR) is 139 cm³/mol. The number of nitrogens with zero attached hydrogens (tertiary/aromatic N) is 2. The number of nitrogens with one attached hydrogen (secondary N) is 2. The van der Waals surface area contributed by atoms with E-state index in [1.54, 1.807) is 19.2 Å². The Morgan fingerprint density at radius 2 is 2.03 bits per heavy atom. The van der Waals surface area contributed by atoms with Crippen molar-refractivity contribution in [2.75, 3.05) is 50.1 Å². The molecule has 38 heavy (non-hydrogen) atoms. The lowest BCUT2D eigenvalue weighted by molar-refractivity contribution is -0.137. The molecule has 13 heteroatoms. The van der Waals surface area contributed by atoms with Crippen molar-refractivity contribution in [2.24, 2.45) is 5.92 Å². The number of anilines is 2. The number of hydrogen-bond donors (Lipinski definition) is 2. The van der Waals surface area contributed by atoms with E-state index in [0.717, 1.165) is 41.6 Å². The minimum absolute atomic E-state index is 0.00317. The van der Waals surface area contributed by atoms with Crippen LogP contribution in [0.2, 0.25) is 4.34 Å². The number of ether oxygens (including phenoxy) is 1. The van der Waals surface area contributed by atoms with Crippen molar-refractivity contribution in [3.05, 3.63) is 45.1 Å². The fourth-order valence-corrected chi connectivity index (χ4v) is 5.41. The summed E-state index contributed by atoms with van der Waals surface area (Å²) in [4.78, 5) is 41.3. The largest absolute Gasteiger partial charge is 0.418 e. The van der Waals surface area contributed by atoms with Crippen molar-refractivity contribution < 1.29 is 32.3 Å². The molecule has 2 aliphatic rings. The molecule has 0 unspecified atom stereocenters. The number of halogens is 4. The number of thiophene rings is 1. The molecule has 3 amide bonds. The summed E-state index contributed by atoms with van der Waals surface area (Å²) >= 11 is 7.01. The topological polar surface area (TPSA) is 91.0 Å². The first-order chi connectivity index (χ1) is 18.0. The Labute approximate surface area is 227 Å². The van der Waals surface area contributed by atoms with E-state index in [9.17, 15) is 27.6 Å². The van der Waals surface area contributed by atoms with E-state index in [0.29, 0.717) is 21.7 Å². The molecule has 1 saturated carbocycles. The number of hydrogen-bond acceptors (Lipinski definition) is 6. The van der Waals surface area contributed by atoms with Gasteiger partial charge in [-0.25, -0.2) is 0 Å². The van der Waals surface area contributed by atoms with Crippen LogP contribution in [-0.4, -0.2) is 68.6 Å². The van der Waals surface area contributed by atoms with Gasteiger partial charge in [0.25, 0.3) is 11.8 Å². The smallest absolute Gasteiger partial charge is 0.370 e. The Kier molecular flexibility index (Phi) is 8.96. The molecule has 1 aliphatic carbocycles. The highest BCUT2D eigenvalue weighted by atomic mass is 35.5. The van der Waals surface area contributed by atoms with Crippen molar-refractivity contribution in [2.45, 2.75) is 31.5 Å². The van der Waals surface area contributed by atoms with Crippen LogP contribution in [0.4, 0.5) is 24.5 Å². The highest BCUT2D eigenvalue weighted by Gasteiger charge is 2.37. The molecule has 1 aliphatic heterocycles. The molecule has 1 aromatic heterocycles. The number of rotatable bonds is 9. The quantitative estimate of drug-likeness (QED) is 0.469. The maximum atomic E-state index is 13.9. The van der Waals surface area contributed by atoms with Crippen molar-refractivity contribution in [1.82, 2.24) is 10.2 Å². The number of carbonyl (C=O) groups excluding carboxylic acids is 3. The second-order valence-electron chi connectivity index (χ2n) is 9.38. The highest BCUT2D eigenvalue weighted by Crippen LogP contribution is 2.39. The summed E-state index contributed by atoms with van der Waals surface area (Å²) in [5.41, 5.74) is -1.39. The zero-order chi connectivity index (χ0) is 27.4. The number of carbonyl (C=O) groups is 3. The third-order valence-electron chi connectivity index (χ3n) is 6.70. The Hall–Kier alpha value is -2.67. The maximum absolute atomic E-state index is 13.9. The van der Waals surface area contributed by atoms with E-state index >= 15 is 0 Å². The molecular weight excluding hydrogens is 545 g/mol. The SMILES string of the molecule is CN(CC1CCC1)[C@H](CNC(=O)c1ccc(Cl)s1)C(=O)Nc1ccc(N2CCOCC2=O)c(C(F)(F)F)c1. The van der Waals surface area contributed by atoms with E-state index in [-0.39, 0.29) is 37.7 Å². The van der Waals surface area contributed by atoms with E-state index in [4.69, 9.17) is 16.3 Å². The second kappa shape index (κ2) is 12.0. The van der Waals surface area contributed by atoms with Crippen LogP contribution in [0.25, 0.3) is 0 Å². The summed E-state index contributed by atoms with van der Waals surface area (Å²) in [5.74, 6) is -1.10. The molecule has 1 aromatic carbocycles. The second-order valence-corrected chi connectivity index (χ2v) is 11.1. The van der Waals surface area contributed by atoms with Crippen LogP contribution in [0, 0.1) is 5.92 Å². The minimum atomic E-state index is -4.76. The Bertz CT molecular complexity index is 1190. The minimum Gasteiger partial charge on any atom is -0.370 e. The Morgan fingerprint density at radius 3 is 2.63 bits per heavy atom. The zero-order valence-electron chi connectivity index (χ0n) is 20.6. The average molecular weight is 573 g/mol. The summed E-state index contributed by atoms with van der Waals surface area (Å²) in [7, 11) is 1.75. The molecule has 2 heterocycles. The van der Waals surface area contributed by atoms with Gasteiger partial charge < -0.3 is 20.3 Å². The van der Waals surface area contributed by atoms with Crippen molar-refractivity contribution in [3.63, 3.8) is 0 Å². The first-order valence-corrected chi connectivity index (χ1v) is 13.4. The number of alkyl halides is 3. The van der Waals surface area contributed by atoms with E-state index in [2.05, 4.69) is 10.6 Å². The third kappa shape index (κ3) is 6.85. The van der Waals surface area contributed by atoms with Crippen LogP contribution in [0.5, 0.6) is 0 Å². The first-order valence-electron chi connectivity index (χ1n) is 12.2. The zero-order valence-corrected chi connectivity index (χ0v) is 22.2. The molecule has 2 aromatic rings. The highest BCUT2D eigenvalue weighted by molar-refractivity contribution is 7.18. The number of benzene rings is 1. The fraction of sp³-hybridized carbons (Fsp3) is 0.480. The standard InChI is InChI=1S/C25H28ClF3N4O4S/c1-32(13-15-3-2-4-15)19(12-30-24(36)20-7-8-21(26)38-20)23(35)31-16-5-6-18(17(11-16)25(27,28)29)33-9-10-37-14-22(33)34/h5-8,11,15,19H,2-4,9-10,12-14H2,1H3,(H,30,36)(H,31,35)/t19-/m1/s1. The van der Waals surface area contributed by atoms with Crippen LogP contribution < -0.4 is 15.5 Å². The molecule has 0 spiro atoms. The van der Waals surface area contributed by atoms with Gasteiger partial charge in [0.1, 0.15) is 12.6 Å². The summed E-state index contributed by atoms with van der Waals surface area (Å²) in [6.07, 6.45) is -1.57. The lowest BCUT2D eigenvalue weighted by Gasteiger charge is -2.34. The maximum Gasteiger partial charge on any atom is 0.418 e. The molecule has 0 radical (unpaired) electrons. The molecular formula is C25H28ClF3N4O4S. The number of likely N-dealkylation sites (N-methyl/N-ethyl adjacent to an activating group) is 1. The summed E-state index contributed by atoms with van der Waals surface area (Å²) < 4.78 is 47.3. The summed E-state index contributed by atoms with van der Waals surface area (Å²) in [5, 5.41) is 5.31. The van der Waals surface area contributed by atoms with Crippen LogP contribution in [0.15, 0.2) is 30.3 Å².